The minimum Gasteiger partial charge on any atom is -0.297 e. The predicted molar refractivity (Wildman–Crippen MR) is 38.3 cm³/mol. The smallest absolute Gasteiger partial charge is 0.226 e. The van der Waals surface area contributed by atoms with Crippen LogP contribution in [0.5, 0.6) is 0 Å². The summed E-state index contributed by atoms with van der Waals surface area (Å²) in [5, 5.41) is 2.15. The molecule has 10 heavy (non-hydrogen) atoms. The number of carbonyl (C=O) groups is 2. The molecule has 2 amide bonds. The van der Waals surface area contributed by atoms with Crippen LogP contribution in [0.4, 0.5) is 0 Å². The van der Waals surface area contributed by atoms with Crippen molar-refractivity contribution < 1.29 is 9.59 Å². The molecular weight excluding hydrogens is 130 g/mol. The Hall–Kier alpha value is -1.12. The second-order valence-corrected chi connectivity index (χ2v) is 1.93. The highest BCUT2D eigenvalue weighted by atomic mass is 16.2. The maximum absolute atomic E-state index is 10.6. The van der Waals surface area contributed by atoms with Gasteiger partial charge in [-0.25, -0.2) is 0 Å². The molecule has 56 valence electrons. The number of imide groups is 1. The van der Waals surface area contributed by atoms with Gasteiger partial charge in [0.05, 0.1) is 0 Å². The van der Waals surface area contributed by atoms with Gasteiger partial charge in [0, 0.05) is 13.3 Å². The largest absolute Gasteiger partial charge is 0.297 e. The lowest BCUT2D eigenvalue weighted by atomic mass is 10.3. The summed E-state index contributed by atoms with van der Waals surface area (Å²) in [7, 11) is 0. The average Bonchev–Trinajstić information content (AvgIpc) is 1.82. The van der Waals surface area contributed by atoms with Crippen molar-refractivity contribution in [1.82, 2.24) is 5.32 Å². The number of hydrogen-bond donors (Lipinski definition) is 1. The predicted octanol–water partition coefficient (Wildman–Crippen LogP) is 0.615. The maximum Gasteiger partial charge on any atom is 0.226 e. The first-order valence-electron chi connectivity index (χ1n) is 3.08. The van der Waals surface area contributed by atoms with Crippen LogP contribution >= 0.6 is 0 Å². The van der Waals surface area contributed by atoms with Crippen molar-refractivity contribution in [2.24, 2.45) is 0 Å². The molecule has 0 aliphatic heterocycles. The summed E-state index contributed by atoms with van der Waals surface area (Å²) in [6.45, 7) is 4.76. The van der Waals surface area contributed by atoms with E-state index in [0.717, 1.165) is 0 Å². The summed E-state index contributed by atoms with van der Waals surface area (Å²) in [6, 6.07) is 0. The number of carbonyl (C=O) groups excluding carboxylic acids is 2. The third-order valence-corrected chi connectivity index (χ3v) is 0.891. The van der Waals surface area contributed by atoms with Crippen LogP contribution in [-0.2, 0) is 9.59 Å². The van der Waals surface area contributed by atoms with Gasteiger partial charge in [0.25, 0.3) is 0 Å². The Kier molecular flexibility index (Phi) is 4.20. The molecule has 0 fully saturated rings. The van der Waals surface area contributed by atoms with Crippen LogP contribution in [0.1, 0.15) is 19.8 Å². The standard InChI is InChI=1S/C7H11NO2/c1-3-4-5-7(10)8-6(2)9/h3H,1,4-5H2,2H3,(H,8,9,10). The van der Waals surface area contributed by atoms with E-state index in [2.05, 4.69) is 11.9 Å². The normalized spacial score (nSPS) is 8.50. The van der Waals surface area contributed by atoms with Crippen molar-refractivity contribution in [1.29, 1.82) is 0 Å². The summed E-state index contributed by atoms with van der Waals surface area (Å²) >= 11 is 0. The number of nitrogens with one attached hydrogen (secondary N) is 1. The van der Waals surface area contributed by atoms with Gasteiger partial charge < -0.3 is 0 Å². The topological polar surface area (TPSA) is 46.2 Å². The number of allylic oxidation sites excluding steroid dienone is 1. The highest BCUT2D eigenvalue weighted by molar-refractivity contribution is 5.93. The molecule has 3 heteroatoms. The Balaban J connectivity index is 3.43. The molecule has 0 saturated carbocycles. The zero-order chi connectivity index (χ0) is 7.98. The van der Waals surface area contributed by atoms with Crippen molar-refractivity contribution in [2.45, 2.75) is 19.8 Å². The molecule has 0 rings (SSSR count). The fraction of sp³-hybridized carbons (Fsp3) is 0.429. The van der Waals surface area contributed by atoms with E-state index in [9.17, 15) is 9.59 Å². The molecule has 0 unspecified atom stereocenters. The Morgan fingerprint density at radius 1 is 1.60 bits per heavy atom. The molecule has 1 N–H and O–H groups in total. The van der Waals surface area contributed by atoms with Crippen LogP contribution in [0, 0.1) is 0 Å². The minimum absolute atomic E-state index is 0.243. The van der Waals surface area contributed by atoms with Crippen molar-refractivity contribution in [3.8, 4) is 0 Å². The van der Waals surface area contributed by atoms with Gasteiger partial charge in [0.15, 0.2) is 0 Å². The summed E-state index contributed by atoms with van der Waals surface area (Å²) in [5.74, 6) is -0.554. The lowest BCUT2D eigenvalue weighted by Gasteiger charge is -1.96. The lowest BCUT2D eigenvalue weighted by molar-refractivity contribution is -0.129. The molecule has 0 aromatic carbocycles. The van der Waals surface area contributed by atoms with Crippen molar-refractivity contribution in [3.05, 3.63) is 12.7 Å². The number of rotatable bonds is 3. The highest BCUT2D eigenvalue weighted by Crippen LogP contribution is 1.87. The van der Waals surface area contributed by atoms with Gasteiger partial charge in [0.2, 0.25) is 11.8 Å². The lowest BCUT2D eigenvalue weighted by Crippen LogP contribution is -2.27. The zero-order valence-corrected chi connectivity index (χ0v) is 6.02. The summed E-state index contributed by atoms with van der Waals surface area (Å²) < 4.78 is 0. The van der Waals surface area contributed by atoms with E-state index in [1.54, 1.807) is 6.08 Å². The van der Waals surface area contributed by atoms with Crippen LogP contribution in [-0.4, -0.2) is 11.8 Å². The van der Waals surface area contributed by atoms with Gasteiger partial charge in [-0.05, 0) is 6.42 Å². The van der Waals surface area contributed by atoms with E-state index in [-0.39, 0.29) is 11.8 Å². The molecule has 0 atom stereocenters. The van der Waals surface area contributed by atoms with Crippen LogP contribution < -0.4 is 5.32 Å². The fourth-order valence-electron chi connectivity index (χ4n) is 0.492. The molecule has 0 radical (unpaired) electrons. The van der Waals surface area contributed by atoms with Gasteiger partial charge >= 0.3 is 0 Å². The molecule has 0 bridgehead atoms. The first kappa shape index (κ1) is 8.88. The summed E-state index contributed by atoms with van der Waals surface area (Å²) in [4.78, 5) is 20.9. The van der Waals surface area contributed by atoms with Crippen LogP contribution in [0.3, 0.4) is 0 Å². The first-order valence-corrected chi connectivity index (χ1v) is 3.08. The Morgan fingerprint density at radius 2 is 2.20 bits per heavy atom. The van der Waals surface area contributed by atoms with Crippen LogP contribution in [0.15, 0.2) is 12.7 Å². The second-order valence-electron chi connectivity index (χ2n) is 1.93. The number of amides is 2. The van der Waals surface area contributed by atoms with Crippen molar-refractivity contribution in [3.63, 3.8) is 0 Å². The monoisotopic (exact) mass is 141 g/mol. The van der Waals surface area contributed by atoms with E-state index < -0.39 is 0 Å². The van der Waals surface area contributed by atoms with Gasteiger partial charge in [-0.15, -0.1) is 6.58 Å². The molecular formula is C7H11NO2. The van der Waals surface area contributed by atoms with Gasteiger partial charge in [-0.2, -0.15) is 0 Å². The van der Waals surface area contributed by atoms with E-state index in [0.29, 0.717) is 12.8 Å². The molecule has 0 aliphatic rings. The van der Waals surface area contributed by atoms with E-state index in [4.69, 9.17) is 0 Å². The average molecular weight is 141 g/mol. The molecule has 0 aromatic heterocycles. The zero-order valence-electron chi connectivity index (χ0n) is 6.02. The quantitative estimate of drug-likeness (QED) is 0.585. The van der Waals surface area contributed by atoms with Crippen molar-refractivity contribution >= 4 is 11.8 Å². The van der Waals surface area contributed by atoms with Gasteiger partial charge in [-0.3, -0.25) is 14.9 Å². The Bertz CT molecular complexity index is 152. The molecule has 0 heterocycles. The fourth-order valence-corrected chi connectivity index (χ4v) is 0.492. The van der Waals surface area contributed by atoms with Crippen LogP contribution in [0.25, 0.3) is 0 Å². The molecule has 0 aromatic rings. The third kappa shape index (κ3) is 5.03. The van der Waals surface area contributed by atoms with E-state index in [1.165, 1.54) is 6.92 Å². The first-order chi connectivity index (χ1) is 4.66. The second kappa shape index (κ2) is 4.73. The summed E-state index contributed by atoms with van der Waals surface area (Å²) in [5.41, 5.74) is 0. The SMILES string of the molecule is C=CCCC(=O)NC(C)=O. The molecule has 0 saturated heterocycles. The van der Waals surface area contributed by atoms with Gasteiger partial charge in [0.1, 0.15) is 0 Å². The maximum atomic E-state index is 10.6. The molecule has 0 spiro atoms. The van der Waals surface area contributed by atoms with Gasteiger partial charge in [-0.1, -0.05) is 6.08 Å². The third-order valence-electron chi connectivity index (χ3n) is 0.891. The Labute approximate surface area is 60.1 Å². The number of hydrogen-bond acceptors (Lipinski definition) is 2. The van der Waals surface area contributed by atoms with Crippen LogP contribution in [0.2, 0.25) is 0 Å². The minimum atomic E-state index is -0.311. The molecule has 0 aliphatic carbocycles. The highest BCUT2D eigenvalue weighted by Gasteiger charge is 1.99. The summed E-state index contributed by atoms with van der Waals surface area (Å²) in [6.07, 6.45) is 2.59. The van der Waals surface area contributed by atoms with E-state index in [1.807, 2.05) is 0 Å². The van der Waals surface area contributed by atoms with E-state index >= 15 is 0 Å². The Morgan fingerprint density at radius 3 is 2.60 bits per heavy atom. The molecule has 3 nitrogen and oxygen atoms in total. The van der Waals surface area contributed by atoms with Crippen molar-refractivity contribution in [2.75, 3.05) is 0 Å².